The van der Waals surface area contributed by atoms with Gasteiger partial charge in [0.15, 0.2) is 0 Å². The van der Waals surface area contributed by atoms with E-state index < -0.39 is 0 Å². The monoisotopic (exact) mass is 291 g/mol. The summed E-state index contributed by atoms with van der Waals surface area (Å²) in [5.41, 5.74) is 2.81. The number of rotatable bonds is 10. The minimum Gasteiger partial charge on any atom is -0.309 e. The highest BCUT2D eigenvalue weighted by molar-refractivity contribution is 5.25. The number of hydrogen-bond donors (Lipinski definition) is 1. The summed E-state index contributed by atoms with van der Waals surface area (Å²) in [4.78, 5) is 4.68. The molecule has 1 rings (SSSR count). The van der Waals surface area contributed by atoms with Crippen LogP contribution >= 0.6 is 0 Å². The lowest BCUT2D eigenvalue weighted by Crippen LogP contribution is -2.34. The van der Waals surface area contributed by atoms with E-state index in [9.17, 15) is 0 Å². The summed E-state index contributed by atoms with van der Waals surface area (Å²) in [6.45, 7) is 8.75. The molecule has 0 heterocycles. The predicted molar refractivity (Wildman–Crippen MR) is 92.9 cm³/mol. The first kappa shape index (κ1) is 18.1. The van der Waals surface area contributed by atoms with Crippen molar-refractivity contribution in [2.45, 2.75) is 32.7 Å². The van der Waals surface area contributed by atoms with Crippen molar-refractivity contribution in [2.24, 2.45) is 0 Å². The number of aryl methyl sites for hydroxylation is 1. The van der Waals surface area contributed by atoms with Crippen LogP contribution in [0.2, 0.25) is 0 Å². The van der Waals surface area contributed by atoms with Crippen LogP contribution in [0.5, 0.6) is 0 Å². The number of benzene rings is 1. The molecule has 3 heteroatoms. The van der Waals surface area contributed by atoms with Gasteiger partial charge in [-0.25, -0.2) is 0 Å². The molecule has 1 N–H and O–H groups in total. The van der Waals surface area contributed by atoms with Crippen LogP contribution in [0.4, 0.5) is 0 Å². The Morgan fingerprint density at radius 2 is 1.67 bits per heavy atom. The third kappa shape index (κ3) is 7.07. The van der Waals surface area contributed by atoms with E-state index in [1.807, 2.05) is 0 Å². The highest BCUT2D eigenvalue weighted by Gasteiger charge is 2.12. The van der Waals surface area contributed by atoms with Crippen LogP contribution in [-0.2, 0) is 6.42 Å². The second kappa shape index (κ2) is 9.93. The standard InChI is InChI=1S/C18H33N3/c1-6-16-9-11-17(12-10-16)18(19-7-2)15-21(5)14-8-13-20(3)4/h9-12,18-19H,6-8,13-15H2,1-5H3. The second-order valence-corrected chi connectivity index (χ2v) is 6.12. The zero-order valence-electron chi connectivity index (χ0n) is 14.5. The topological polar surface area (TPSA) is 18.5 Å². The van der Waals surface area contributed by atoms with E-state index in [4.69, 9.17) is 0 Å². The van der Waals surface area contributed by atoms with Crippen LogP contribution in [-0.4, -0.2) is 57.1 Å². The molecule has 0 fully saturated rings. The Hall–Kier alpha value is -0.900. The van der Waals surface area contributed by atoms with Gasteiger partial charge in [-0.15, -0.1) is 0 Å². The Bertz CT molecular complexity index is 373. The maximum absolute atomic E-state index is 3.61. The summed E-state index contributed by atoms with van der Waals surface area (Å²) in [5.74, 6) is 0. The lowest BCUT2D eigenvalue weighted by molar-refractivity contribution is 0.272. The summed E-state index contributed by atoms with van der Waals surface area (Å²) in [5, 5.41) is 3.61. The molecule has 0 saturated heterocycles. The molecule has 21 heavy (non-hydrogen) atoms. The Balaban J connectivity index is 2.55. The summed E-state index contributed by atoms with van der Waals surface area (Å²) >= 11 is 0. The Morgan fingerprint density at radius 1 is 1.00 bits per heavy atom. The first-order valence-electron chi connectivity index (χ1n) is 8.22. The van der Waals surface area contributed by atoms with E-state index in [0.717, 1.165) is 32.6 Å². The second-order valence-electron chi connectivity index (χ2n) is 6.12. The van der Waals surface area contributed by atoms with Gasteiger partial charge in [-0.2, -0.15) is 0 Å². The van der Waals surface area contributed by atoms with Gasteiger partial charge < -0.3 is 15.1 Å². The Kier molecular flexibility index (Phi) is 8.58. The highest BCUT2D eigenvalue weighted by atomic mass is 15.1. The molecule has 0 saturated carbocycles. The van der Waals surface area contributed by atoms with Crippen LogP contribution < -0.4 is 5.32 Å². The fourth-order valence-corrected chi connectivity index (χ4v) is 2.58. The van der Waals surface area contributed by atoms with E-state index in [1.165, 1.54) is 17.5 Å². The van der Waals surface area contributed by atoms with Crippen molar-refractivity contribution in [1.29, 1.82) is 0 Å². The molecule has 0 amide bonds. The highest BCUT2D eigenvalue weighted by Crippen LogP contribution is 2.15. The number of hydrogen-bond acceptors (Lipinski definition) is 3. The van der Waals surface area contributed by atoms with Gasteiger partial charge in [0.1, 0.15) is 0 Å². The van der Waals surface area contributed by atoms with Gasteiger partial charge in [0.05, 0.1) is 0 Å². The predicted octanol–water partition coefficient (Wildman–Crippen LogP) is 2.78. The lowest BCUT2D eigenvalue weighted by Gasteiger charge is -2.25. The van der Waals surface area contributed by atoms with Gasteiger partial charge in [0, 0.05) is 12.6 Å². The van der Waals surface area contributed by atoms with E-state index in [-0.39, 0.29) is 0 Å². The van der Waals surface area contributed by atoms with Crippen LogP contribution in [0, 0.1) is 0 Å². The molecule has 0 aliphatic heterocycles. The first-order valence-corrected chi connectivity index (χ1v) is 8.22. The average molecular weight is 291 g/mol. The van der Waals surface area contributed by atoms with Crippen molar-refractivity contribution >= 4 is 0 Å². The summed E-state index contributed by atoms with van der Waals surface area (Å²) in [6, 6.07) is 9.49. The third-order valence-electron chi connectivity index (χ3n) is 3.88. The summed E-state index contributed by atoms with van der Waals surface area (Å²) < 4.78 is 0. The Morgan fingerprint density at radius 3 is 2.19 bits per heavy atom. The molecule has 0 radical (unpaired) electrons. The van der Waals surface area contributed by atoms with Gasteiger partial charge in [-0.3, -0.25) is 0 Å². The molecular weight excluding hydrogens is 258 g/mol. The van der Waals surface area contributed by atoms with Crippen molar-refractivity contribution < 1.29 is 0 Å². The van der Waals surface area contributed by atoms with E-state index in [0.29, 0.717) is 6.04 Å². The largest absolute Gasteiger partial charge is 0.309 e. The fraction of sp³-hybridized carbons (Fsp3) is 0.667. The molecule has 120 valence electrons. The molecule has 0 aromatic heterocycles. The fourth-order valence-electron chi connectivity index (χ4n) is 2.58. The zero-order chi connectivity index (χ0) is 15.7. The van der Waals surface area contributed by atoms with Crippen molar-refractivity contribution in [3.05, 3.63) is 35.4 Å². The van der Waals surface area contributed by atoms with Gasteiger partial charge in [-0.1, -0.05) is 38.1 Å². The van der Waals surface area contributed by atoms with Crippen molar-refractivity contribution in [2.75, 3.05) is 47.3 Å². The van der Waals surface area contributed by atoms with E-state index in [2.05, 4.69) is 74.4 Å². The SMILES string of the molecule is CCNC(CN(C)CCCN(C)C)c1ccc(CC)cc1. The van der Waals surface area contributed by atoms with Gasteiger partial charge in [0.25, 0.3) is 0 Å². The quantitative estimate of drug-likeness (QED) is 0.715. The molecule has 0 spiro atoms. The molecule has 1 aromatic carbocycles. The molecule has 1 unspecified atom stereocenters. The van der Waals surface area contributed by atoms with Crippen molar-refractivity contribution in [3.63, 3.8) is 0 Å². The summed E-state index contributed by atoms with van der Waals surface area (Å²) in [6.07, 6.45) is 2.33. The van der Waals surface area contributed by atoms with E-state index >= 15 is 0 Å². The molecule has 0 aliphatic carbocycles. The maximum atomic E-state index is 3.61. The zero-order valence-corrected chi connectivity index (χ0v) is 14.5. The van der Waals surface area contributed by atoms with Crippen LogP contribution in [0.15, 0.2) is 24.3 Å². The van der Waals surface area contributed by atoms with E-state index in [1.54, 1.807) is 0 Å². The molecule has 1 aromatic rings. The normalized spacial score (nSPS) is 13.1. The van der Waals surface area contributed by atoms with Crippen molar-refractivity contribution in [3.8, 4) is 0 Å². The molecular formula is C18H33N3. The van der Waals surface area contributed by atoms with Gasteiger partial charge in [-0.05, 0) is 64.7 Å². The maximum Gasteiger partial charge on any atom is 0.0449 e. The van der Waals surface area contributed by atoms with Crippen LogP contribution in [0.1, 0.15) is 37.4 Å². The minimum atomic E-state index is 0.422. The average Bonchev–Trinajstić information content (AvgIpc) is 2.46. The third-order valence-corrected chi connectivity index (χ3v) is 3.88. The van der Waals surface area contributed by atoms with Gasteiger partial charge >= 0.3 is 0 Å². The van der Waals surface area contributed by atoms with Gasteiger partial charge in [0.2, 0.25) is 0 Å². The number of nitrogens with zero attached hydrogens (tertiary/aromatic N) is 2. The smallest absolute Gasteiger partial charge is 0.0449 e. The number of nitrogens with one attached hydrogen (secondary N) is 1. The van der Waals surface area contributed by atoms with Crippen molar-refractivity contribution in [1.82, 2.24) is 15.1 Å². The first-order chi connectivity index (χ1) is 10.1. The Labute approximate surface area is 131 Å². The molecule has 1 atom stereocenters. The minimum absolute atomic E-state index is 0.422. The van der Waals surface area contributed by atoms with Crippen LogP contribution in [0.3, 0.4) is 0 Å². The molecule has 3 nitrogen and oxygen atoms in total. The summed E-state index contributed by atoms with van der Waals surface area (Å²) in [7, 11) is 6.49. The van der Waals surface area contributed by atoms with Crippen LogP contribution in [0.25, 0.3) is 0 Å². The lowest BCUT2D eigenvalue weighted by atomic mass is 10.0. The molecule has 0 aliphatic rings. The molecule has 0 bridgehead atoms. The number of likely N-dealkylation sites (N-methyl/N-ethyl adjacent to an activating group) is 2.